The van der Waals surface area contributed by atoms with Gasteiger partial charge < -0.3 is 14.6 Å². The molecule has 116 valence electrons. The van der Waals surface area contributed by atoms with Gasteiger partial charge in [-0.1, -0.05) is 27.2 Å². The molecule has 0 radical (unpaired) electrons. The second kappa shape index (κ2) is 7.14. The van der Waals surface area contributed by atoms with Crippen LogP contribution < -0.4 is 0 Å². The largest absolute Gasteiger partial charge is 0.459 e. The number of esters is 1. The van der Waals surface area contributed by atoms with Crippen LogP contribution >= 0.6 is 11.8 Å². The Labute approximate surface area is 125 Å². The van der Waals surface area contributed by atoms with Crippen LogP contribution in [-0.4, -0.2) is 34.7 Å². The number of hydrogen-bond donors (Lipinski definition) is 1. The summed E-state index contributed by atoms with van der Waals surface area (Å²) in [5.41, 5.74) is -0.653. The average molecular weight is 302 g/mol. The SMILES string of the molecule is CC[C@@H]1CCC(C(C)C)C(OC(=O)[C@@H]2O[C@@H](O)CS2)C1. The normalized spacial score (nSPS) is 38.1. The predicted molar refractivity (Wildman–Crippen MR) is 79.2 cm³/mol. The van der Waals surface area contributed by atoms with Gasteiger partial charge in [-0.15, -0.1) is 11.8 Å². The molecule has 2 rings (SSSR count). The van der Waals surface area contributed by atoms with Gasteiger partial charge in [-0.2, -0.15) is 0 Å². The third-order valence-electron chi connectivity index (χ3n) is 4.52. The number of rotatable bonds is 4. The van der Waals surface area contributed by atoms with E-state index in [0.717, 1.165) is 19.3 Å². The Hall–Kier alpha value is -0.260. The van der Waals surface area contributed by atoms with Crippen LogP contribution in [0.25, 0.3) is 0 Å². The third-order valence-corrected chi connectivity index (χ3v) is 5.60. The number of aliphatic hydroxyl groups excluding tert-OH is 1. The fourth-order valence-electron chi connectivity index (χ4n) is 3.22. The third kappa shape index (κ3) is 3.89. The van der Waals surface area contributed by atoms with E-state index in [9.17, 15) is 9.90 Å². The Morgan fingerprint density at radius 1 is 1.45 bits per heavy atom. The molecule has 0 bridgehead atoms. The van der Waals surface area contributed by atoms with Crippen molar-refractivity contribution in [2.75, 3.05) is 5.75 Å². The first kappa shape index (κ1) is 16.1. The van der Waals surface area contributed by atoms with E-state index in [0.29, 0.717) is 23.5 Å². The van der Waals surface area contributed by atoms with Gasteiger partial charge in [-0.3, -0.25) is 0 Å². The van der Waals surface area contributed by atoms with Gasteiger partial charge in [0.25, 0.3) is 0 Å². The van der Waals surface area contributed by atoms with E-state index >= 15 is 0 Å². The van der Waals surface area contributed by atoms with E-state index in [1.54, 1.807) is 0 Å². The summed E-state index contributed by atoms with van der Waals surface area (Å²) in [5, 5.41) is 9.32. The molecule has 0 aromatic carbocycles. The van der Waals surface area contributed by atoms with Crippen molar-refractivity contribution in [2.45, 2.75) is 64.3 Å². The van der Waals surface area contributed by atoms with E-state index in [2.05, 4.69) is 20.8 Å². The topological polar surface area (TPSA) is 55.8 Å². The number of carbonyl (C=O) groups excluding carboxylic acids is 1. The van der Waals surface area contributed by atoms with Crippen LogP contribution in [0.15, 0.2) is 0 Å². The second-order valence-corrected chi connectivity index (χ2v) is 7.32. The van der Waals surface area contributed by atoms with Crippen molar-refractivity contribution in [1.82, 2.24) is 0 Å². The summed E-state index contributed by atoms with van der Waals surface area (Å²) in [6.45, 7) is 6.59. The van der Waals surface area contributed by atoms with Crippen molar-refractivity contribution in [1.29, 1.82) is 0 Å². The molecule has 0 amide bonds. The van der Waals surface area contributed by atoms with Crippen LogP contribution in [-0.2, 0) is 14.3 Å². The molecule has 4 nitrogen and oxygen atoms in total. The highest BCUT2D eigenvalue weighted by atomic mass is 32.2. The summed E-state index contributed by atoms with van der Waals surface area (Å²) < 4.78 is 10.9. The molecule has 20 heavy (non-hydrogen) atoms. The fourth-order valence-corrected chi connectivity index (χ4v) is 4.04. The van der Waals surface area contributed by atoms with Gasteiger partial charge >= 0.3 is 5.97 Å². The van der Waals surface area contributed by atoms with E-state index in [1.807, 2.05) is 0 Å². The van der Waals surface area contributed by atoms with Crippen molar-refractivity contribution >= 4 is 17.7 Å². The highest BCUT2D eigenvalue weighted by Crippen LogP contribution is 2.37. The molecule has 2 unspecified atom stereocenters. The summed E-state index contributed by atoms with van der Waals surface area (Å²) >= 11 is 1.32. The minimum Gasteiger partial charge on any atom is -0.459 e. The summed E-state index contributed by atoms with van der Waals surface area (Å²) in [6.07, 6.45) is 3.64. The number of hydrogen-bond acceptors (Lipinski definition) is 5. The zero-order chi connectivity index (χ0) is 14.7. The van der Waals surface area contributed by atoms with Crippen molar-refractivity contribution in [3.63, 3.8) is 0 Å². The Morgan fingerprint density at radius 3 is 2.75 bits per heavy atom. The van der Waals surface area contributed by atoms with Crippen molar-refractivity contribution in [2.24, 2.45) is 17.8 Å². The molecule has 2 fully saturated rings. The molecule has 5 heteroatoms. The van der Waals surface area contributed by atoms with Gasteiger partial charge in [0.2, 0.25) is 5.44 Å². The fraction of sp³-hybridized carbons (Fsp3) is 0.933. The quantitative estimate of drug-likeness (QED) is 0.809. The molecule has 5 atom stereocenters. The predicted octanol–water partition coefficient (Wildman–Crippen LogP) is 2.79. The highest BCUT2D eigenvalue weighted by molar-refractivity contribution is 8.00. The first-order valence-corrected chi connectivity index (χ1v) is 8.71. The Morgan fingerprint density at radius 2 is 2.20 bits per heavy atom. The van der Waals surface area contributed by atoms with Crippen molar-refractivity contribution < 1.29 is 19.4 Å². The molecule has 1 heterocycles. The molecular weight excluding hydrogens is 276 g/mol. The van der Waals surface area contributed by atoms with Crippen LogP contribution in [0, 0.1) is 17.8 Å². The summed E-state index contributed by atoms with van der Waals surface area (Å²) in [7, 11) is 0. The summed E-state index contributed by atoms with van der Waals surface area (Å²) in [6, 6.07) is 0. The molecule has 0 spiro atoms. The lowest BCUT2D eigenvalue weighted by atomic mass is 9.74. The maximum absolute atomic E-state index is 12.1. The molecule has 0 aromatic rings. The minimum absolute atomic E-state index is 0.00291. The van der Waals surface area contributed by atoms with Gasteiger partial charge in [0.1, 0.15) is 6.10 Å². The van der Waals surface area contributed by atoms with Crippen molar-refractivity contribution in [3.05, 3.63) is 0 Å². The monoisotopic (exact) mass is 302 g/mol. The first-order chi connectivity index (χ1) is 9.51. The first-order valence-electron chi connectivity index (χ1n) is 7.66. The summed E-state index contributed by atoms with van der Waals surface area (Å²) in [5.74, 6) is 1.74. The van der Waals surface area contributed by atoms with Crippen LogP contribution in [0.2, 0.25) is 0 Å². The number of carbonyl (C=O) groups is 1. The molecule has 0 aromatic heterocycles. The zero-order valence-electron chi connectivity index (χ0n) is 12.6. The maximum atomic E-state index is 12.1. The van der Waals surface area contributed by atoms with Gasteiger partial charge in [-0.25, -0.2) is 4.79 Å². The zero-order valence-corrected chi connectivity index (χ0v) is 13.4. The van der Waals surface area contributed by atoms with Gasteiger partial charge in [-0.05, 0) is 37.0 Å². The lowest BCUT2D eigenvalue weighted by molar-refractivity contribution is -0.172. The minimum atomic E-state index is -0.840. The lowest BCUT2D eigenvalue weighted by Crippen LogP contribution is -2.38. The van der Waals surface area contributed by atoms with E-state index < -0.39 is 11.7 Å². The van der Waals surface area contributed by atoms with Crippen LogP contribution in [0.3, 0.4) is 0 Å². The smallest absolute Gasteiger partial charge is 0.346 e. The highest BCUT2D eigenvalue weighted by Gasteiger charge is 2.38. The Balaban J connectivity index is 1.94. The van der Waals surface area contributed by atoms with E-state index in [1.165, 1.54) is 18.2 Å². The number of aliphatic hydroxyl groups is 1. The molecule has 1 N–H and O–H groups in total. The van der Waals surface area contributed by atoms with Gasteiger partial charge in [0, 0.05) is 5.75 Å². The second-order valence-electron chi connectivity index (χ2n) is 6.23. The number of ether oxygens (including phenoxy) is 2. The van der Waals surface area contributed by atoms with Crippen molar-refractivity contribution in [3.8, 4) is 0 Å². The van der Waals surface area contributed by atoms with Gasteiger partial charge in [0.15, 0.2) is 6.29 Å². The lowest BCUT2D eigenvalue weighted by Gasteiger charge is -2.37. The van der Waals surface area contributed by atoms with Crippen LogP contribution in [0.1, 0.15) is 46.5 Å². The van der Waals surface area contributed by atoms with Gasteiger partial charge in [0.05, 0.1) is 0 Å². The standard InChI is InChI=1S/C15H26O4S/c1-4-10-5-6-11(9(2)3)12(7-10)18-14(17)15-19-13(16)8-20-15/h9-13,15-16H,4-8H2,1-3H3/t10-,11?,12?,13-,15-/m1/s1. The Bertz CT molecular complexity index is 334. The molecule has 1 aliphatic heterocycles. The van der Waals surface area contributed by atoms with E-state index in [-0.39, 0.29) is 12.1 Å². The maximum Gasteiger partial charge on any atom is 0.346 e. The van der Waals surface area contributed by atoms with Crippen LogP contribution in [0.4, 0.5) is 0 Å². The molecule has 2 aliphatic rings. The van der Waals surface area contributed by atoms with Crippen LogP contribution in [0.5, 0.6) is 0 Å². The molecular formula is C15H26O4S. The number of thioether (sulfide) groups is 1. The summed E-state index contributed by atoms with van der Waals surface area (Å²) in [4.78, 5) is 12.1. The Kier molecular flexibility index (Phi) is 5.75. The molecule has 1 saturated heterocycles. The molecule has 1 aliphatic carbocycles. The molecule has 1 saturated carbocycles. The van der Waals surface area contributed by atoms with E-state index in [4.69, 9.17) is 9.47 Å². The average Bonchev–Trinajstić information content (AvgIpc) is 2.85.